The van der Waals surface area contributed by atoms with E-state index in [1.54, 1.807) is 6.07 Å². The molecule has 1 saturated carbocycles. The van der Waals surface area contributed by atoms with Crippen molar-refractivity contribution in [2.24, 2.45) is 5.92 Å². The Morgan fingerprint density at radius 3 is 2.89 bits per heavy atom. The molecule has 28 heavy (non-hydrogen) atoms. The summed E-state index contributed by atoms with van der Waals surface area (Å²) in [6, 6.07) is 9.65. The van der Waals surface area contributed by atoms with Crippen molar-refractivity contribution in [2.75, 3.05) is 13.2 Å². The highest BCUT2D eigenvalue weighted by Gasteiger charge is 2.41. The smallest absolute Gasteiger partial charge is 0.269 e. The second kappa shape index (κ2) is 6.79. The molecule has 2 aromatic heterocycles. The molecule has 0 radical (unpaired) electrons. The lowest BCUT2D eigenvalue weighted by molar-refractivity contribution is -0.125. The normalized spacial score (nSPS) is 23.6. The van der Waals surface area contributed by atoms with Crippen molar-refractivity contribution in [1.29, 1.82) is 0 Å². The van der Waals surface area contributed by atoms with Crippen LogP contribution in [0.15, 0.2) is 36.5 Å². The van der Waals surface area contributed by atoms with E-state index in [-0.39, 0.29) is 29.8 Å². The lowest BCUT2D eigenvalue weighted by Gasteiger charge is -2.09. The number of ether oxygens (including phenoxy) is 1. The first-order valence-electron chi connectivity index (χ1n) is 9.50. The predicted molar refractivity (Wildman–Crippen MR) is 103 cm³/mol. The molecule has 5 rings (SSSR count). The number of hydrogen-bond donors (Lipinski definition) is 4. The first-order valence-corrected chi connectivity index (χ1v) is 9.50. The number of benzene rings is 1. The van der Waals surface area contributed by atoms with Crippen LogP contribution in [0.1, 0.15) is 23.3 Å². The van der Waals surface area contributed by atoms with Crippen molar-refractivity contribution in [1.82, 2.24) is 25.8 Å². The number of amides is 2. The summed E-state index contributed by atoms with van der Waals surface area (Å²) in [5.74, 6) is -0.268. The van der Waals surface area contributed by atoms with Crippen LogP contribution < -0.4 is 10.6 Å². The summed E-state index contributed by atoms with van der Waals surface area (Å²) in [5, 5.41) is 14.1. The van der Waals surface area contributed by atoms with Crippen LogP contribution in [0, 0.1) is 5.92 Å². The number of para-hydroxylation sites is 1. The van der Waals surface area contributed by atoms with E-state index in [2.05, 4.69) is 25.8 Å². The molecule has 1 aliphatic carbocycles. The summed E-state index contributed by atoms with van der Waals surface area (Å²) in [5.41, 5.74) is 3.09. The number of hydrogen-bond acceptors (Lipinski definition) is 4. The van der Waals surface area contributed by atoms with Crippen LogP contribution in [0.25, 0.3) is 22.2 Å². The van der Waals surface area contributed by atoms with E-state index in [1.807, 2.05) is 30.5 Å². The number of nitrogens with one attached hydrogen (secondary N) is 4. The largest absolute Gasteiger partial charge is 0.381 e. The van der Waals surface area contributed by atoms with Gasteiger partial charge in [0.1, 0.15) is 5.69 Å². The van der Waals surface area contributed by atoms with E-state index < -0.39 is 0 Å². The zero-order valence-corrected chi connectivity index (χ0v) is 15.2. The third-order valence-corrected chi connectivity index (χ3v) is 5.42. The highest BCUT2D eigenvalue weighted by atomic mass is 16.5. The molecule has 2 amide bonds. The van der Waals surface area contributed by atoms with Gasteiger partial charge in [0.2, 0.25) is 5.91 Å². The lowest BCUT2D eigenvalue weighted by Crippen LogP contribution is -2.37. The molecule has 2 aliphatic rings. The molecule has 8 nitrogen and oxygen atoms in total. The molecular weight excluding hydrogens is 358 g/mol. The fourth-order valence-corrected chi connectivity index (χ4v) is 3.66. The van der Waals surface area contributed by atoms with Crippen LogP contribution >= 0.6 is 0 Å². The van der Waals surface area contributed by atoms with E-state index in [0.717, 1.165) is 29.3 Å². The molecule has 1 aromatic carbocycles. The van der Waals surface area contributed by atoms with Gasteiger partial charge in [-0.3, -0.25) is 14.7 Å². The van der Waals surface area contributed by atoms with E-state index in [4.69, 9.17) is 4.74 Å². The van der Waals surface area contributed by atoms with Gasteiger partial charge in [-0.1, -0.05) is 18.2 Å². The number of rotatable bonds is 5. The van der Waals surface area contributed by atoms with Crippen LogP contribution in [0.5, 0.6) is 0 Å². The lowest BCUT2D eigenvalue weighted by atomic mass is 10.1. The second-order valence-corrected chi connectivity index (χ2v) is 7.41. The van der Waals surface area contributed by atoms with Gasteiger partial charge in [-0.25, -0.2) is 0 Å². The molecule has 1 saturated heterocycles. The van der Waals surface area contributed by atoms with Crippen molar-refractivity contribution >= 4 is 22.7 Å². The molecule has 1 aliphatic heterocycles. The number of H-pyrrole nitrogens is 2. The Balaban J connectivity index is 1.21. The Morgan fingerprint density at radius 1 is 1.18 bits per heavy atom. The third-order valence-electron chi connectivity index (χ3n) is 5.42. The number of carbonyl (C=O) groups excluding carboxylic acids is 2. The molecule has 0 spiro atoms. The minimum Gasteiger partial charge on any atom is -0.381 e. The minimum atomic E-state index is -0.218. The summed E-state index contributed by atoms with van der Waals surface area (Å²) in [7, 11) is 0. The SMILES string of the molecule is O=C(N[C@@H]1C[C@H]1NC(=O)[C@H]1CCOC1)c1cc(-c2c[nH]c3ccccc23)n[nH]1. The van der Waals surface area contributed by atoms with Gasteiger partial charge in [-0.2, -0.15) is 5.10 Å². The Labute approximate surface area is 161 Å². The first kappa shape index (κ1) is 17.0. The standard InChI is InChI=1S/C20H21N5O3/c26-19(11-5-6-28-10-11)22-16-8-17(16)23-20(27)18-7-15(24-25-18)13-9-21-14-4-2-1-3-12(13)14/h1-4,7,9,11,16-17,21H,5-6,8,10H2,(H,22,26)(H,23,27)(H,24,25)/t11-,16+,17+/m0/s1. The van der Waals surface area contributed by atoms with Crippen molar-refractivity contribution in [2.45, 2.75) is 24.9 Å². The maximum absolute atomic E-state index is 12.5. The fraction of sp³-hybridized carbons (Fsp3) is 0.350. The number of fused-ring (bicyclic) bond motifs is 1. The van der Waals surface area contributed by atoms with Gasteiger partial charge in [0, 0.05) is 29.3 Å². The van der Waals surface area contributed by atoms with Gasteiger partial charge in [0.15, 0.2) is 0 Å². The molecule has 4 N–H and O–H groups in total. The molecule has 0 bridgehead atoms. The molecule has 144 valence electrons. The maximum Gasteiger partial charge on any atom is 0.269 e. The number of aromatic amines is 2. The summed E-state index contributed by atoms with van der Waals surface area (Å²) in [4.78, 5) is 27.8. The Hall–Kier alpha value is -3.13. The van der Waals surface area contributed by atoms with Crippen LogP contribution in [0.4, 0.5) is 0 Å². The number of aromatic nitrogens is 3. The van der Waals surface area contributed by atoms with Crippen molar-refractivity contribution in [3.8, 4) is 11.3 Å². The maximum atomic E-state index is 12.5. The molecular formula is C20H21N5O3. The predicted octanol–water partition coefficient (Wildman–Crippen LogP) is 1.58. The van der Waals surface area contributed by atoms with E-state index in [0.29, 0.717) is 24.6 Å². The average Bonchev–Trinajstić information content (AvgIpc) is 3.20. The topological polar surface area (TPSA) is 112 Å². The van der Waals surface area contributed by atoms with E-state index >= 15 is 0 Å². The van der Waals surface area contributed by atoms with Gasteiger partial charge < -0.3 is 20.4 Å². The number of carbonyl (C=O) groups is 2. The summed E-state index contributed by atoms with van der Waals surface area (Å²) < 4.78 is 5.25. The second-order valence-electron chi connectivity index (χ2n) is 7.41. The summed E-state index contributed by atoms with van der Waals surface area (Å²) in [6.45, 7) is 1.13. The average molecular weight is 379 g/mol. The van der Waals surface area contributed by atoms with Crippen molar-refractivity contribution in [3.63, 3.8) is 0 Å². The van der Waals surface area contributed by atoms with E-state index in [1.165, 1.54) is 0 Å². The summed E-state index contributed by atoms with van der Waals surface area (Å²) in [6.07, 6.45) is 3.40. The van der Waals surface area contributed by atoms with Gasteiger partial charge in [0.25, 0.3) is 5.91 Å². The molecule has 3 heterocycles. The van der Waals surface area contributed by atoms with Gasteiger partial charge in [-0.05, 0) is 25.0 Å². The quantitative estimate of drug-likeness (QED) is 0.539. The van der Waals surface area contributed by atoms with Crippen LogP contribution in [-0.2, 0) is 9.53 Å². The third kappa shape index (κ3) is 3.16. The minimum absolute atomic E-state index is 0.00643. The Morgan fingerprint density at radius 2 is 2.04 bits per heavy atom. The van der Waals surface area contributed by atoms with E-state index in [9.17, 15) is 9.59 Å². The molecule has 3 aromatic rings. The van der Waals surface area contributed by atoms with Gasteiger partial charge in [0.05, 0.1) is 30.3 Å². The first-order chi connectivity index (χ1) is 13.7. The molecule has 0 unspecified atom stereocenters. The zero-order valence-electron chi connectivity index (χ0n) is 15.2. The summed E-state index contributed by atoms with van der Waals surface area (Å²) >= 11 is 0. The van der Waals surface area contributed by atoms with Crippen LogP contribution in [-0.4, -0.2) is 52.3 Å². The monoisotopic (exact) mass is 379 g/mol. The van der Waals surface area contributed by atoms with Crippen molar-refractivity contribution < 1.29 is 14.3 Å². The fourth-order valence-electron chi connectivity index (χ4n) is 3.66. The highest BCUT2D eigenvalue weighted by Crippen LogP contribution is 2.28. The zero-order chi connectivity index (χ0) is 19.1. The molecule has 8 heteroatoms. The highest BCUT2D eigenvalue weighted by molar-refractivity contribution is 5.97. The van der Waals surface area contributed by atoms with Crippen molar-refractivity contribution in [3.05, 3.63) is 42.2 Å². The van der Waals surface area contributed by atoms with Gasteiger partial charge in [-0.15, -0.1) is 0 Å². The van der Waals surface area contributed by atoms with Gasteiger partial charge >= 0.3 is 0 Å². The molecule has 3 atom stereocenters. The van der Waals surface area contributed by atoms with Crippen LogP contribution in [0.2, 0.25) is 0 Å². The Kier molecular flexibility index (Phi) is 4.12. The Bertz CT molecular complexity index is 1030. The van der Waals surface area contributed by atoms with Crippen LogP contribution in [0.3, 0.4) is 0 Å². The number of nitrogens with zero attached hydrogens (tertiary/aromatic N) is 1. The molecule has 2 fully saturated rings.